The number of amides is 1. The van der Waals surface area contributed by atoms with Crippen LogP contribution in [0.3, 0.4) is 0 Å². The lowest BCUT2D eigenvalue weighted by Crippen LogP contribution is -2.29. The van der Waals surface area contributed by atoms with Gasteiger partial charge in [-0.25, -0.2) is 0 Å². The predicted molar refractivity (Wildman–Crippen MR) is 55.4 cm³/mol. The minimum atomic E-state index is -1.01. The van der Waals surface area contributed by atoms with Gasteiger partial charge in [0.15, 0.2) is 0 Å². The lowest BCUT2D eigenvalue weighted by molar-refractivity contribution is -0.137. The number of benzene rings is 1. The van der Waals surface area contributed by atoms with Crippen molar-refractivity contribution in [3.63, 3.8) is 0 Å². The Morgan fingerprint density at radius 1 is 1.56 bits per heavy atom. The number of carboxylic acid groups (broad SMARTS) is 1. The highest BCUT2D eigenvalue weighted by atomic mass is 16.5. The molecule has 1 N–H and O–H groups in total. The van der Waals surface area contributed by atoms with Gasteiger partial charge < -0.3 is 14.7 Å². The molecule has 0 atom stereocenters. The number of rotatable bonds is 3. The summed E-state index contributed by atoms with van der Waals surface area (Å²) in [4.78, 5) is 23.6. The van der Waals surface area contributed by atoms with Crippen LogP contribution in [0.2, 0.25) is 0 Å². The van der Waals surface area contributed by atoms with Crippen LogP contribution >= 0.6 is 0 Å². The minimum Gasteiger partial charge on any atom is -0.497 e. The number of nitrogens with zero attached hydrogens (tertiary/aromatic N) is 1. The normalized spacial score (nSPS) is 13.8. The van der Waals surface area contributed by atoms with Crippen molar-refractivity contribution in [2.24, 2.45) is 0 Å². The fraction of sp³-hybridized carbons (Fsp3) is 0.273. The molecule has 0 unspecified atom stereocenters. The minimum absolute atomic E-state index is 0.236. The Kier molecular flexibility index (Phi) is 2.52. The van der Waals surface area contributed by atoms with Gasteiger partial charge in [0.2, 0.25) is 0 Å². The fourth-order valence-electron chi connectivity index (χ4n) is 1.78. The third kappa shape index (κ3) is 1.71. The second-order valence-electron chi connectivity index (χ2n) is 3.58. The van der Waals surface area contributed by atoms with Gasteiger partial charge in [-0.05, 0) is 23.8 Å². The van der Waals surface area contributed by atoms with Crippen LogP contribution in [0.25, 0.3) is 0 Å². The third-order valence-corrected chi connectivity index (χ3v) is 2.52. The first kappa shape index (κ1) is 10.5. The topological polar surface area (TPSA) is 66.8 Å². The van der Waals surface area contributed by atoms with Crippen molar-refractivity contribution < 1.29 is 19.4 Å². The van der Waals surface area contributed by atoms with Crippen molar-refractivity contribution in [1.82, 2.24) is 4.90 Å². The molecule has 0 radical (unpaired) electrons. The summed E-state index contributed by atoms with van der Waals surface area (Å²) in [6, 6.07) is 5.12. The number of hydrogen-bond acceptors (Lipinski definition) is 3. The highest BCUT2D eigenvalue weighted by Crippen LogP contribution is 2.26. The lowest BCUT2D eigenvalue weighted by Gasteiger charge is -2.11. The van der Waals surface area contributed by atoms with E-state index in [0.29, 0.717) is 17.9 Å². The highest BCUT2D eigenvalue weighted by Gasteiger charge is 2.28. The summed E-state index contributed by atoms with van der Waals surface area (Å²) in [6.07, 6.45) is 0. The molecule has 0 spiro atoms. The summed E-state index contributed by atoms with van der Waals surface area (Å²) in [6.45, 7) is 0.0630. The average molecular weight is 221 g/mol. The van der Waals surface area contributed by atoms with E-state index in [0.717, 1.165) is 5.56 Å². The summed E-state index contributed by atoms with van der Waals surface area (Å²) in [7, 11) is 1.55. The number of carboxylic acids is 1. The number of carbonyl (C=O) groups is 2. The number of aliphatic carboxylic acids is 1. The Balaban J connectivity index is 2.27. The summed E-state index contributed by atoms with van der Waals surface area (Å²) < 4.78 is 5.04. The van der Waals surface area contributed by atoms with Crippen LogP contribution in [-0.2, 0) is 11.3 Å². The number of fused-ring (bicyclic) bond motifs is 1. The molecule has 1 aromatic rings. The van der Waals surface area contributed by atoms with Gasteiger partial charge in [-0.15, -0.1) is 0 Å². The van der Waals surface area contributed by atoms with E-state index in [9.17, 15) is 9.59 Å². The first-order valence-electron chi connectivity index (χ1n) is 4.80. The first-order valence-corrected chi connectivity index (χ1v) is 4.80. The Labute approximate surface area is 92.2 Å². The van der Waals surface area contributed by atoms with E-state index in [4.69, 9.17) is 9.84 Å². The molecule has 0 fully saturated rings. The Morgan fingerprint density at radius 3 is 2.94 bits per heavy atom. The van der Waals surface area contributed by atoms with Gasteiger partial charge in [0, 0.05) is 12.1 Å². The van der Waals surface area contributed by atoms with E-state index in [1.807, 2.05) is 0 Å². The molecule has 0 bridgehead atoms. The predicted octanol–water partition coefficient (Wildman–Crippen LogP) is 0.736. The van der Waals surface area contributed by atoms with Crippen LogP contribution < -0.4 is 4.74 Å². The fourth-order valence-corrected chi connectivity index (χ4v) is 1.78. The van der Waals surface area contributed by atoms with Crippen LogP contribution in [0.4, 0.5) is 0 Å². The van der Waals surface area contributed by atoms with Crippen molar-refractivity contribution >= 4 is 11.9 Å². The number of methoxy groups -OCH3 is 1. The van der Waals surface area contributed by atoms with E-state index in [-0.39, 0.29) is 12.5 Å². The maximum atomic E-state index is 11.8. The van der Waals surface area contributed by atoms with E-state index in [2.05, 4.69) is 0 Å². The van der Waals surface area contributed by atoms with E-state index >= 15 is 0 Å². The van der Waals surface area contributed by atoms with Gasteiger partial charge in [0.05, 0.1) is 7.11 Å². The van der Waals surface area contributed by atoms with Crippen molar-refractivity contribution in [1.29, 1.82) is 0 Å². The molecule has 16 heavy (non-hydrogen) atoms. The zero-order valence-electron chi connectivity index (χ0n) is 8.77. The molecule has 84 valence electrons. The molecule has 1 amide bonds. The quantitative estimate of drug-likeness (QED) is 0.817. The molecular weight excluding hydrogens is 210 g/mol. The molecule has 1 aromatic carbocycles. The average Bonchev–Trinajstić information content (AvgIpc) is 2.54. The Morgan fingerprint density at radius 2 is 2.31 bits per heavy atom. The van der Waals surface area contributed by atoms with Gasteiger partial charge in [0.1, 0.15) is 12.3 Å². The van der Waals surface area contributed by atoms with Crippen molar-refractivity contribution in [3.8, 4) is 5.75 Å². The lowest BCUT2D eigenvalue weighted by atomic mass is 10.1. The third-order valence-electron chi connectivity index (χ3n) is 2.52. The Hall–Kier alpha value is -2.04. The molecule has 0 aromatic heterocycles. The largest absolute Gasteiger partial charge is 0.497 e. The Bertz CT molecular complexity index is 455. The van der Waals surface area contributed by atoms with Gasteiger partial charge in [-0.2, -0.15) is 0 Å². The molecule has 2 rings (SSSR count). The van der Waals surface area contributed by atoms with Crippen molar-refractivity contribution in [2.75, 3.05) is 13.7 Å². The van der Waals surface area contributed by atoms with Gasteiger partial charge in [0.25, 0.3) is 5.91 Å². The molecule has 5 heteroatoms. The van der Waals surface area contributed by atoms with Crippen LogP contribution in [0.1, 0.15) is 15.9 Å². The first-order chi connectivity index (χ1) is 7.61. The highest BCUT2D eigenvalue weighted by molar-refractivity contribution is 5.99. The van der Waals surface area contributed by atoms with Crippen LogP contribution in [0.15, 0.2) is 18.2 Å². The summed E-state index contributed by atoms with van der Waals surface area (Å²) in [5.41, 5.74) is 1.37. The van der Waals surface area contributed by atoms with Crippen LogP contribution in [0, 0.1) is 0 Å². The molecule has 0 saturated carbocycles. The molecule has 0 saturated heterocycles. The standard InChI is InChI=1S/C11H11NO4/c1-16-8-2-3-9-7(4-8)5-12(11(9)15)6-10(13)14/h2-4H,5-6H2,1H3,(H,13,14). The number of carbonyl (C=O) groups excluding carboxylic acids is 1. The second kappa shape index (κ2) is 3.84. The van der Waals surface area contributed by atoms with Gasteiger partial charge >= 0.3 is 5.97 Å². The van der Waals surface area contributed by atoms with Gasteiger partial charge in [-0.1, -0.05) is 0 Å². The summed E-state index contributed by atoms with van der Waals surface area (Å²) >= 11 is 0. The number of ether oxygens (including phenoxy) is 1. The molecule has 5 nitrogen and oxygen atoms in total. The van der Waals surface area contributed by atoms with E-state index < -0.39 is 5.97 Å². The number of hydrogen-bond donors (Lipinski definition) is 1. The SMILES string of the molecule is COc1ccc2c(c1)CN(CC(=O)O)C2=O. The monoisotopic (exact) mass is 221 g/mol. The zero-order chi connectivity index (χ0) is 11.7. The van der Waals surface area contributed by atoms with Crippen LogP contribution in [-0.4, -0.2) is 35.5 Å². The smallest absolute Gasteiger partial charge is 0.323 e. The molecule has 1 aliphatic heterocycles. The van der Waals surface area contributed by atoms with E-state index in [1.54, 1.807) is 25.3 Å². The maximum absolute atomic E-state index is 11.8. The summed E-state index contributed by atoms with van der Waals surface area (Å²) in [5.74, 6) is -0.572. The molecule has 1 heterocycles. The summed E-state index contributed by atoms with van der Waals surface area (Å²) in [5, 5.41) is 8.65. The molecule has 1 aliphatic rings. The van der Waals surface area contributed by atoms with Crippen molar-refractivity contribution in [3.05, 3.63) is 29.3 Å². The molecular formula is C11H11NO4. The second-order valence-corrected chi connectivity index (χ2v) is 3.58. The van der Waals surface area contributed by atoms with Crippen molar-refractivity contribution in [2.45, 2.75) is 6.54 Å². The van der Waals surface area contributed by atoms with Gasteiger partial charge in [-0.3, -0.25) is 9.59 Å². The zero-order valence-corrected chi connectivity index (χ0v) is 8.77. The van der Waals surface area contributed by atoms with E-state index in [1.165, 1.54) is 4.90 Å². The maximum Gasteiger partial charge on any atom is 0.323 e. The molecule has 0 aliphatic carbocycles. The van der Waals surface area contributed by atoms with Crippen LogP contribution in [0.5, 0.6) is 5.75 Å².